The summed E-state index contributed by atoms with van der Waals surface area (Å²) in [5.74, 6) is 1.21. The Labute approximate surface area is 122 Å². The average molecular weight is 308 g/mol. The second-order valence-corrected chi connectivity index (χ2v) is 6.17. The maximum atomic E-state index is 12.8. The van der Waals surface area contributed by atoms with Crippen LogP contribution in [0.15, 0.2) is 39.2 Å². The maximum Gasteiger partial charge on any atom is 0.257 e. The lowest BCUT2D eigenvalue weighted by molar-refractivity contribution is 0.425. The first kappa shape index (κ1) is 13.1. The van der Waals surface area contributed by atoms with Gasteiger partial charge in [0.05, 0.1) is 16.2 Å². The van der Waals surface area contributed by atoms with Crippen LogP contribution in [0, 0.1) is 5.82 Å². The summed E-state index contributed by atoms with van der Waals surface area (Å²) in [5.41, 5.74) is 6.25. The monoisotopic (exact) mass is 308 g/mol. The molecule has 3 aromatic rings. The molecule has 0 atom stereocenters. The lowest BCUT2D eigenvalue weighted by Gasteiger charge is -1.92. The molecule has 0 aliphatic rings. The van der Waals surface area contributed by atoms with E-state index < -0.39 is 0 Å². The van der Waals surface area contributed by atoms with Crippen LogP contribution in [0.4, 0.5) is 9.52 Å². The molecule has 5 nitrogen and oxygen atoms in total. The van der Waals surface area contributed by atoms with E-state index in [9.17, 15) is 4.39 Å². The molecule has 102 valence electrons. The molecule has 0 unspecified atom stereocenters. The molecule has 0 saturated heterocycles. The van der Waals surface area contributed by atoms with Gasteiger partial charge in [-0.2, -0.15) is 4.98 Å². The quantitative estimate of drug-likeness (QED) is 0.746. The molecule has 0 saturated carbocycles. The molecule has 1 aromatic carbocycles. The number of rotatable bonds is 4. The van der Waals surface area contributed by atoms with Crippen molar-refractivity contribution >= 4 is 28.2 Å². The second-order valence-electron chi connectivity index (χ2n) is 3.83. The first-order chi connectivity index (χ1) is 9.70. The van der Waals surface area contributed by atoms with E-state index in [0.29, 0.717) is 28.2 Å². The van der Waals surface area contributed by atoms with Gasteiger partial charge in [0.25, 0.3) is 5.89 Å². The second kappa shape index (κ2) is 5.59. The third-order valence-corrected chi connectivity index (χ3v) is 4.42. The topological polar surface area (TPSA) is 77.8 Å². The molecule has 2 N–H and O–H groups in total. The summed E-state index contributed by atoms with van der Waals surface area (Å²) in [7, 11) is 0. The van der Waals surface area contributed by atoms with Crippen molar-refractivity contribution in [3.8, 4) is 11.5 Å². The van der Waals surface area contributed by atoms with Crippen molar-refractivity contribution in [3.63, 3.8) is 0 Å². The molecule has 0 aliphatic carbocycles. The van der Waals surface area contributed by atoms with Gasteiger partial charge in [-0.15, -0.1) is 11.8 Å². The predicted octanol–water partition coefficient (Wildman–Crippen LogP) is 3.21. The Hall–Kier alpha value is -1.93. The van der Waals surface area contributed by atoms with Crippen molar-refractivity contribution in [2.24, 2.45) is 0 Å². The zero-order chi connectivity index (χ0) is 13.9. The molecule has 0 fully saturated rings. The van der Waals surface area contributed by atoms with Crippen LogP contribution in [-0.2, 0) is 5.75 Å². The van der Waals surface area contributed by atoms with Crippen molar-refractivity contribution in [2.75, 3.05) is 5.73 Å². The molecule has 0 aliphatic heterocycles. The summed E-state index contributed by atoms with van der Waals surface area (Å²) in [6.07, 6.45) is 1.71. The van der Waals surface area contributed by atoms with Crippen LogP contribution in [-0.4, -0.2) is 15.1 Å². The van der Waals surface area contributed by atoms with Gasteiger partial charge in [-0.05, 0) is 24.3 Å². The Balaban J connectivity index is 1.69. The van der Waals surface area contributed by atoms with E-state index in [-0.39, 0.29) is 5.82 Å². The number of aromatic nitrogens is 3. The molecule has 8 heteroatoms. The predicted molar refractivity (Wildman–Crippen MR) is 75.8 cm³/mol. The molecular formula is C12H9FN4OS2. The number of anilines is 1. The third-order valence-electron chi connectivity index (χ3n) is 2.41. The number of halogens is 1. The highest BCUT2D eigenvalue weighted by Gasteiger charge is 2.10. The summed E-state index contributed by atoms with van der Waals surface area (Å²) >= 11 is 2.95. The fourth-order valence-electron chi connectivity index (χ4n) is 1.50. The third kappa shape index (κ3) is 2.97. The summed E-state index contributed by atoms with van der Waals surface area (Å²) in [5, 5.41) is 4.42. The largest absolute Gasteiger partial charge is 0.375 e. The molecule has 3 rings (SSSR count). The summed E-state index contributed by atoms with van der Waals surface area (Å²) in [6, 6.07) is 5.91. The highest BCUT2D eigenvalue weighted by Crippen LogP contribution is 2.29. The summed E-state index contributed by atoms with van der Waals surface area (Å²) < 4.78 is 19.0. The van der Waals surface area contributed by atoms with E-state index in [1.165, 1.54) is 35.2 Å². The van der Waals surface area contributed by atoms with Crippen LogP contribution >= 0.6 is 23.1 Å². The van der Waals surface area contributed by atoms with E-state index >= 15 is 0 Å². The number of hydrogen-bond acceptors (Lipinski definition) is 7. The van der Waals surface area contributed by atoms with Gasteiger partial charge in [0.1, 0.15) is 5.82 Å². The maximum absolute atomic E-state index is 12.8. The Morgan fingerprint density at radius 2 is 2.10 bits per heavy atom. The van der Waals surface area contributed by atoms with Crippen LogP contribution in [0.2, 0.25) is 0 Å². The first-order valence-corrected chi connectivity index (χ1v) is 7.43. The highest BCUT2D eigenvalue weighted by atomic mass is 32.2. The molecule has 2 heterocycles. The number of benzene rings is 1. The van der Waals surface area contributed by atoms with Crippen molar-refractivity contribution < 1.29 is 8.91 Å². The van der Waals surface area contributed by atoms with Gasteiger partial charge >= 0.3 is 0 Å². The summed E-state index contributed by atoms with van der Waals surface area (Å²) in [4.78, 5) is 8.23. The van der Waals surface area contributed by atoms with E-state index in [2.05, 4.69) is 15.1 Å². The molecule has 0 bridgehead atoms. The number of hydrogen-bond donors (Lipinski definition) is 1. The number of thiazole rings is 1. The normalized spacial score (nSPS) is 10.8. The van der Waals surface area contributed by atoms with Gasteiger partial charge in [0, 0.05) is 5.56 Å². The van der Waals surface area contributed by atoms with Crippen LogP contribution in [0.5, 0.6) is 0 Å². The van der Waals surface area contributed by atoms with Crippen molar-refractivity contribution in [3.05, 3.63) is 42.1 Å². The van der Waals surface area contributed by atoms with Gasteiger partial charge in [-0.1, -0.05) is 16.5 Å². The molecule has 0 spiro atoms. The lowest BCUT2D eigenvalue weighted by Crippen LogP contribution is -1.83. The summed E-state index contributed by atoms with van der Waals surface area (Å²) in [6.45, 7) is 0. The Morgan fingerprint density at radius 1 is 1.30 bits per heavy atom. The molecule has 2 aromatic heterocycles. The minimum Gasteiger partial charge on any atom is -0.375 e. The van der Waals surface area contributed by atoms with E-state index in [4.69, 9.17) is 10.3 Å². The molecule has 20 heavy (non-hydrogen) atoms. The lowest BCUT2D eigenvalue weighted by atomic mass is 10.2. The smallest absolute Gasteiger partial charge is 0.257 e. The van der Waals surface area contributed by atoms with Gasteiger partial charge in [0.15, 0.2) is 11.0 Å². The Bertz CT molecular complexity index is 710. The van der Waals surface area contributed by atoms with Gasteiger partial charge < -0.3 is 10.3 Å². The van der Waals surface area contributed by atoms with Crippen LogP contribution in [0.3, 0.4) is 0 Å². The molecule has 0 amide bonds. The van der Waals surface area contributed by atoms with Crippen LogP contribution < -0.4 is 5.73 Å². The number of nitrogens with two attached hydrogens (primary N) is 1. The highest BCUT2D eigenvalue weighted by molar-refractivity contribution is 8.00. The first-order valence-electron chi connectivity index (χ1n) is 5.63. The van der Waals surface area contributed by atoms with E-state index in [0.717, 1.165) is 4.21 Å². The standard InChI is InChI=1S/C12H9FN4OS2/c13-8-3-1-7(2-4-8)11-16-9(17-18-11)6-19-10-5-15-12(14)20-10/h1-5H,6H2,(H2,14,15). The Morgan fingerprint density at radius 3 is 2.80 bits per heavy atom. The van der Waals surface area contributed by atoms with Crippen molar-refractivity contribution in [1.29, 1.82) is 0 Å². The Kier molecular flexibility index (Phi) is 3.66. The number of nitrogens with zero attached hydrogens (tertiary/aromatic N) is 3. The fraction of sp³-hybridized carbons (Fsp3) is 0.0833. The van der Waals surface area contributed by atoms with Crippen molar-refractivity contribution in [1.82, 2.24) is 15.1 Å². The van der Waals surface area contributed by atoms with Crippen LogP contribution in [0.25, 0.3) is 11.5 Å². The van der Waals surface area contributed by atoms with Gasteiger partial charge in [0.2, 0.25) is 0 Å². The average Bonchev–Trinajstić information content (AvgIpc) is 3.06. The van der Waals surface area contributed by atoms with Crippen LogP contribution in [0.1, 0.15) is 5.82 Å². The minimum atomic E-state index is -0.299. The van der Waals surface area contributed by atoms with Gasteiger partial charge in [-0.25, -0.2) is 9.37 Å². The zero-order valence-electron chi connectivity index (χ0n) is 10.1. The van der Waals surface area contributed by atoms with E-state index in [1.54, 1.807) is 18.3 Å². The zero-order valence-corrected chi connectivity index (χ0v) is 11.7. The van der Waals surface area contributed by atoms with Gasteiger partial charge in [-0.3, -0.25) is 0 Å². The number of nitrogen functional groups attached to an aromatic ring is 1. The minimum absolute atomic E-state index is 0.299. The number of thioether (sulfide) groups is 1. The molecular weight excluding hydrogens is 299 g/mol. The fourth-order valence-corrected chi connectivity index (χ4v) is 3.10. The van der Waals surface area contributed by atoms with E-state index in [1.807, 2.05) is 0 Å². The SMILES string of the molecule is Nc1ncc(SCc2noc(-c3ccc(F)cc3)n2)s1. The van der Waals surface area contributed by atoms with Crippen molar-refractivity contribution in [2.45, 2.75) is 9.96 Å². The molecule has 0 radical (unpaired) electrons.